The number of ether oxygens (including phenoxy) is 6. The minimum absolute atomic E-state index is 0.0607. The van der Waals surface area contributed by atoms with E-state index in [0.29, 0.717) is 84.4 Å². The zero-order valence-electron chi connectivity index (χ0n) is 48.4. The molecule has 3 aliphatic rings. The Hall–Kier alpha value is -5.29. The number of hydrogen-bond donors (Lipinski definition) is 2. The van der Waals surface area contributed by atoms with Crippen molar-refractivity contribution in [3.05, 3.63) is 105 Å². The van der Waals surface area contributed by atoms with Gasteiger partial charge >= 0.3 is 6.09 Å². The van der Waals surface area contributed by atoms with E-state index in [1.165, 1.54) is 7.11 Å². The van der Waals surface area contributed by atoms with E-state index in [9.17, 15) is 9.90 Å². The van der Waals surface area contributed by atoms with Gasteiger partial charge in [-0.3, -0.25) is 9.74 Å². The number of hydrogen-bond acceptors (Lipinski definition) is 12. The van der Waals surface area contributed by atoms with Crippen LogP contribution in [0.15, 0.2) is 54.6 Å². The first kappa shape index (κ1) is 58.4. The molecule has 4 aromatic rings. The molecule has 1 fully saturated rings. The van der Waals surface area contributed by atoms with Crippen LogP contribution in [0.4, 0.5) is 4.79 Å². The minimum atomic E-state index is -2.43. The zero-order valence-corrected chi connectivity index (χ0v) is 50.4. The molecule has 1 aliphatic carbocycles. The van der Waals surface area contributed by atoms with Gasteiger partial charge in [-0.1, -0.05) is 97.0 Å². The topological polar surface area (TPSA) is 134 Å². The number of methoxy groups -OCH3 is 4. The number of phenols is 1. The van der Waals surface area contributed by atoms with E-state index in [0.717, 1.165) is 38.9 Å². The maximum atomic E-state index is 14.9. The van der Waals surface area contributed by atoms with Crippen LogP contribution in [0.25, 0.3) is 16.0 Å². The van der Waals surface area contributed by atoms with Crippen molar-refractivity contribution in [1.82, 2.24) is 15.1 Å². The third-order valence-corrected chi connectivity index (χ3v) is 27.3. The van der Waals surface area contributed by atoms with Gasteiger partial charge < -0.3 is 47.7 Å². The molecule has 0 radical (unpaired) electrons. The van der Waals surface area contributed by atoms with Crippen LogP contribution in [0.1, 0.15) is 106 Å². The Kier molecular flexibility index (Phi) is 18.3. The lowest BCUT2D eigenvalue weighted by molar-refractivity contribution is -0.0597. The van der Waals surface area contributed by atoms with Gasteiger partial charge in [-0.2, -0.15) is 0 Å². The number of alkyl carbamates (subject to hydrolysis) is 1. The van der Waals surface area contributed by atoms with E-state index in [2.05, 4.69) is 112 Å². The average Bonchev–Trinajstić information content (AvgIpc) is 3.73. The molecule has 2 heterocycles. The number of phenolic OH excluding ortho intramolecular Hbond substituents is 1. The second-order valence-electron chi connectivity index (χ2n) is 23.3. The summed E-state index contributed by atoms with van der Waals surface area (Å²) >= 11 is 0. The van der Waals surface area contributed by atoms with Gasteiger partial charge in [0.15, 0.2) is 25.6 Å². The first-order chi connectivity index (χ1) is 36.0. The summed E-state index contributed by atoms with van der Waals surface area (Å²) in [5.74, 6) is 2.31. The Bertz CT molecular complexity index is 2700. The summed E-state index contributed by atoms with van der Waals surface area (Å²) < 4.78 is 51.1. The van der Waals surface area contributed by atoms with E-state index in [4.69, 9.17) is 43.8 Å². The molecule has 76 heavy (non-hydrogen) atoms. The van der Waals surface area contributed by atoms with Crippen molar-refractivity contribution >= 4 is 22.7 Å². The molecule has 0 spiro atoms. The van der Waals surface area contributed by atoms with Gasteiger partial charge in [0.2, 0.25) is 0 Å². The Labute approximate surface area is 455 Å². The first-order valence-electron chi connectivity index (χ1n) is 27.1. The van der Waals surface area contributed by atoms with E-state index >= 15 is 0 Å². The molecule has 414 valence electrons. The van der Waals surface area contributed by atoms with E-state index < -0.39 is 47.0 Å². The van der Waals surface area contributed by atoms with Crippen LogP contribution in [0.2, 0.25) is 35.8 Å². The summed E-state index contributed by atoms with van der Waals surface area (Å²) in [7, 11) is 3.98. The second-order valence-corrected chi connectivity index (χ2v) is 33.0. The van der Waals surface area contributed by atoms with Crippen molar-refractivity contribution in [2.45, 2.75) is 154 Å². The third-order valence-electron chi connectivity index (χ3n) is 17.5. The Morgan fingerprint density at radius 2 is 1.46 bits per heavy atom. The predicted molar refractivity (Wildman–Crippen MR) is 306 cm³/mol. The molecule has 2 aliphatic heterocycles. The van der Waals surface area contributed by atoms with Gasteiger partial charge in [0.05, 0.1) is 53.2 Å². The Morgan fingerprint density at radius 1 is 0.882 bits per heavy atom. The van der Waals surface area contributed by atoms with Crippen LogP contribution in [0.3, 0.4) is 0 Å². The highest BCUT2D eigenvalue weighted by atomic mass is 28.4. The fourth-order valence-corrected chi connectivity index (χ4v) is 15.3. The molecule has 0 saturated carbocycles. The number of rotatable bonds is 20. The molecule has 4 aromatic carbocycles. The van der Waals surface area contributed by atoms with Crippen LogP contribution in [-0.4, -0.2) is 130 Å². The fourth-order valence-electron chi connectivity index (χ4n) is 11.8. The summed E-state index contributed by atoms with van der Waals surface area (Å²) in [6, 6.07) is 16.4. The van der Waals surface area contributed by atoms with Crippen LogP contribution < -0.4 is 28.7 Å². The van der Waals surface area contributed by atoms with Crippen molar-refractivity contribution in [1.29, 1.82) is 0 Å². The monoisotopic (exact) mass is 1080 g/mol. The van der Waals surface area contributed by atoms with E-state index in [-0.39, 0.29) is 41.6 Å². The molecule has 16 heteroatoms. The largest absolute Gasteiger partial charge is 0.541 e. The SMILES string of the molecule is [C-]#[N+][C@@H](C1Cc2c(OC)c(C)c(OC)c(O)c2C(C(Cc2cc(O[Si](C)(C)C(C)(C)C)c(OC)c(C)c2OC)NC(=O)OCC2c3ccccc3-c3ccccc32)N1C)N1CCO[C@@H](CCO[Si](C)(C(C)C)C(C)C)C1. The van der Waals surface area contributed by atoms with Crippen LogP contribution in [0.5, 0.6) is 34.5 Å². The smallest absolute Gasteiger partial charge is 0.407 e. The number of morpholine rings is 1. The number of carbonyl (C=O) groups excluding carboxylic acids is 1. The van der Waals surface area contributed by atoms with Gasteiger partial charge in [0, 0.05) is 59.9 Å². The molecule has 7 rings (SSSR count). The van der Waals surface area contributed by atoms with Crippen molar-refractivity contribution in [3.8, 4) is 45.6 Å². The standard InChI is InChI=1S/C60H86N4O10Si2/c1-36(2)76(18,37(3)4)73-29-27-41-34-64(28-30-71-41)58(61-10)49-33-46-51(53(65)57(70-15)39(6)55(46)68-13)52(63(49)11)48(31-40-32-50(74-75(16,17)60(7,8)9)56(69-14)38(5)54(40)67-12)62-59(66)72-35-47-44-25-21-19-23-42(44)43-24-20-22-26-45(43)47/h19-26,32,36-37,41,47-49,52,58,65H,27-31,33-35H2,1-9,11-18H3,(H,62,66)/t41-,48?,49?,52?,58+/m0/s1. The van der Waals surface area contributed by atoms with Gasteiger partial charge in [-0.25, -0.2) is 16.3 Å². The van der Waals surface area contributed by atoms with Gasteiger partial charge in [-0.05, 0) is 97.8 Å². The summed E-state index contributed by atoms with van der Waals surface area (Å²) in [4.78, 5) is 23.7. The molecule has 5 atom stereocenters. The maximum Gasteiger partial charge on any atom is 0.407 e. The van der Waals surface area contributed by atoms with Gasteiger partial charge in [0.1, 0.15) is 29.9 Å². The first-order valence-corrected chi connectivity index (χ1v) is 32.5. The Morgan fingerprint density at radius 3 is 2.01 bits per heavy atom. The van der Waals surface area contributed by atoms with Crippen molar-refractivity contribution in [3.63, 3.8) is 0 Å². The number of benzene rings is 4. The number of likely N-dealkylation sites (N-methyl/N-ethyl adjacent to an activating group) is 1. The summed E-state index contributed by atoms with van der Waals surface area (Å²) in [6.45, 7) is 37.4. The molecule has 3 unspecified atom stereocenters. The van der Waals surface area contributed by atoms with Crippen LogP contribution >= 0.6 is 0 Å². The number of nitrogens with one attached hydrogen (secondary N) is 1. The quantitative estimate of drug-likeness (QED) is 0.0644. The fraction of sp³-hybridized carbons (Fsp3) is 0.567. The average molecular weight is 1080 g/mol. The summed E-state index contributed by atoms with van der Waals surface area (Å²) in [5, 5.41) is 15.9. The highest BCUT2D eigenvalue weighted by Gasteiger charge is 2.50. The summed E-state index contributed by atoms with van der Waals surface area (Å²) in [6.07, 6.45) is -0.151. The lowest BCUT2D eigenvalue weighted by Crippen LogP contribution is -2.60. The molecular formula is C60H86N4O10Si2. The molecular weight excluding hydrogens is 993 g/mol. The van der Waals surface area contributed by atoms with Crippen molar-refractivity contribution in [2.75, 3.05) is 68.4 Å². The van der Waals surface area contributed by atoms with Crippen molar-refractivity contribution in [2.24, 2.45) is 0 Å². The van der Waals surface area contributed by atoms with E-state index in [1.54, 1.807) is 21.3 Å². The second kappa shape index (κ2) is 23.8. The predicted octanol–water partition coefficient (Wildman–Crippen LogP) is 12.2. The third kappa shape index (κ3) is 11.3. The van der Waals surface area contributed by atoms with Gasteiger partial charge in [0.25, 0.3) is 14.5 Å². The van der Waals surface area contributed by atoms with Gasteiger partial charge in [-0.15, -0.1) is 0 Å². The lowest BCUT2D eigenvalue weighted by atomic mass is 9.79. The zero-order chi connectivity index (χ0) is 55.6. The molecule has 2 N–H and O–H groups in total. The molecule has 0 bridgehead atoms. The molecule has 0 aromatic heterocycles. The number of aromatic hydroxyl groups is 1. The van der Waals surface area contributed by atoms with Crippen molar-refractivity contribution < 1.29 is 47.2 Å². The maximum absolute atomic E-state index is 14.9. The van der Waals surface area contributed by atoms with Crippen LogP contribution in [0, 0.1) is 20.4 Å². The van der Waals surface area contributed by atoms with Crippen LogP contribution in [-0.2, 0) is 26.7 Å². The number of carbonyl (C=O) groups is 1. The number of nitrogens with zero attached hydrogens (tertiary/aromatic N) is 3. The summed E-state index contributed by atoms with van der Waals surface area (Å²) in [5.41, 5.74) is 8.77. The molecule has 1 amide bonds. The highest BCUT2D eigenvalue weighted by Crippen LogP contribution is 2.53. The normalized spacial score (nSPS) is 19.1. The minimum Gasteiger partial charge on any atom is -0.541 e. The molecule has 14 nitrogen and oxygen atoms in total. The number of amides is 1. The number of fused-ring (bicyclic) bond motifs is 4. The highest BCUT2D eigenvalue weighted by molar-refractivity contribution is 6.75. The van der Waals surface area contributed by atoms with E-state index in [1.807, 2.05) is 51.2 Å². The lowest BCUT2D eigenvalue weighted by Gasteiger charge is -2.47. The molecule has 1 saturated heterocycles. The Balaban J connectivity index is 1.33.